The highest BCUT2D eigenvalue weighted by molar-refractivity contribution is 5.96. The van der Waals surface area contributed by atoms with Gasteiger partial charge in [-0.05, 0) is 12.2 Å². The van der Waals surface area contributed by atoms with E-state index in [2.05, 4.69) is 0 Å². The maximum absolute atomic E-state index is 12.1. The maximum Gasteiger partial charge on any atom is 0.213 e. The van der Waals surface area contributed by atoms with E-state index >= 15 is 0 Å². The van der Waals surface area contributed by atoms with Crippen molar-refractivity contribution in [3.05, 3.63) is 24.1 Å². The molecule has 0 aromatic rings. The van der Waals surface area contributed by atoms with Crippen LogP contribution >= 0.6 is 0 Å². The third-order valence-electron chi connectivity index (χ3n) is 1.01. The van der Waals surface area contributed by atoms with Gasteiger partial charge in [0.15, 0.2) is 5.78 Å². The normalized spacial score (nSPS) is 26.2. The first-order valence-corrected chi connectivity index (χ1v) is 2.43. The van der Waals surface area contributed by atoms with Crippen LogP contribution in [0.1, 0.15) is 0 Å². The second-order valence-electron chi connectivity index (χ2n) is 1.68. The minimum Gasteiger partial charge on any atom is -0.291 e. The Morgan fingerprint density at radius 1 is 1.56 bits per heavy atom. The van der Waals surface area contributed by atoms with Gasteiger partial charge in [0.1, 0.15) is 5.83 Å². The van der Waals surface area contributed by atoms with Gasteiger partial charge in [-0.2, -0.15) is 0 Å². The highest BCUT2D eigenvalue weighted by atomic mass is 19.2. The molecule has 0 bridgehead atoms. The van der Waals surface area contributed by atoms with Crippen LogP contribution in [0, 0.1) is 0 Å². The molecule has 0 fully saturated rings. The minimum absolute atomic E-state index is 0.824. The molecule has 1 nitrogen and oxygen atoms in total. The fraction of sp³-hybridized carbons (Fsp3) is 0.167. The van der Waals surface area contributed by atoms with Crippen molar-refractivity contribution in [1.82, 2.24) is 0 Å². The van der Waals surface area contributed by atoms with Crippen molar-refractivity contribution < 1.29 is 13.6 Å². The number of carbonyl (C=O) groups is 1. The molecule has 1 unspecified atom stereocenters. The number of rotatable bonds is 0. The standard InChI is InChI=1S/C6H4F2O/c7-4-2-1-3-5(9)6(4)8/h1-3,6H. The topological polar surface area (TPSA) is 17.1 Å². The lowest BCUT2D eigenvalue weighted by atomic mass is 10.1. The average Bonchev–Trinajstić information content (AvgIpc) is 1.83. The van der Waals surface area contributed by atoms with Crippen molar-refractivity contribution in [2.45, 2.75) is 6.17 Å². The Kier molecular flexibility index (Phi) is 1.42. The first-order valence-electron chi connectivity index (χ1n) is 2.43. The molecule has 3 heteroatoms. The van der Waals surface area contributed by atoms with E-state index in [-0.39, 0.29) is 0 Å². The Balaban J connectivity index is 2.86. The van der Waals surface area contributed by atoms with Gasteiger partial charge in [0, 0.05) is 0 Å². The van der Waals surface area contributed by atoms with Crippen LogP contribution in [-0.4, -0.2) is 12.0 Å². The molecule has 0 aromatic heterocycles. The van der Waals surface area contributed by atoms with Crippen LogP contribution in [0.4, 0.5) is 8.78 Å². The van der Waals surface area contributed by atoms with Gasteiger partial charge in [-0.3, -0.25) is 4.79 Å². The second-order valence-corrected chi connectivity index (χ2v) is 1.68. The Labute approximate surface area is 50.7 Å². The average molecular weight is 130 g/mol. The van der Waals surface area contributed by atoms with E-state index in [9.17, 15) is 13.6 Å². The van der Waals surface area contributed by atoms with Gasteiger partial charge in [-0.15, -0.1) is 0 Å². The monoisotopic (exact) mass is 130 g/mol. The van der Waals surface area contributed by atoms with Crippen LogP contribution in [0.3, 0.4) is 0 Å². The van der Waals surface area contributed by atoms with E-state index in [0.29, 0.717) is 0 Å². The number of hydrogen-bond acceptors (Lipinski definition) is 1. The molecule has 0 saturated carbocycles. The smallest absolute Gasteiger partial charge is 0.213 e. The lowest BCUT2D eigenvalue weighted by molar-refractivity contribution is -0.118. The Morgan fingerprint density at radius 2 is 2.22 bits per heavy atom. The van der Waals surface area contributed by atoms with E-state index in [0.717, 1.165) is 12.2 Å². The van der Waals surface area contributed by atoms with Crippen LogP contribution in [0.15, 0.2) is 24.1 Å². The third kappa shape index (κ3) is 1.04. The molecule has 0 spiro atoms. The van der Waals surface area contributed by atoms with Crippen LogP contribution in [0.5, 0.6) is 0 Å². The quantitative estimate of drug-likeness (QED) is 0.483. The number of halogens is 2. The third-order valence-corrected chi connectivity index (χ3v) is 1.01. The largest absolute Gasteiger partial charge is 0.291 e. The SMILES string of the molecule is O=C1C=CC=C(F)C1F. The summed E-state index contributed by atoms with van der Waals surface area (Å²) in [7, 11) is 0. The highest BCUT2D eigenvalue weighted by Crippen LogP contribution is 2.13. The minimum atomic E-state index is -2.06. The fourth-order valence-electron chi connectivity index (χ4n) is 0.540. The number of carbonyl (C=O) groups excluding carboxylic acids is 1. The zero-order chi connectivity index (χ0) is 6.85. The number of ketones is 1. The maximum atomic E-state index is 12.1. The molecule has 0 N–H and O–H groups in total. The summed E-state index contributed by atoms with van der Waals surface area (Å²) in [5.41, 5.74) is 0. The summed E-state index contributed by atoms with van der Waals surface area (Å²) < 4.78 is 24.2. The van der Waals surface area contributed by atoms with Gasteiger partial charge >= 0.3 is 0 Å². The zero-order valence-electron chi connectivity index (χ0n) is 4.47. The van der Waals surface area contributed by atoms with Gasteiger partial charge < -0.3 is 0 Å². The number of hydrogen-bond donors (Lipinski definition) is 0. The predicted molar refractivity (Wildman–Crippen MR) is 28.2 cm³/mol. The molecule has 0 amide bonds. The molecule has 0 heterocycles. The van der Waals surface area contributed by atoms with E-state index in [1.165, 1.54) is 6.08 Å². The van der Waals surface area contributed by atoms with Crippen LogP contribution in [0.25, 0.3) is 0 Å². The molecule has 0 aromatic carbocycles. The lowest BCUT2D eigenvalue weighted by Crippen LogP contribution is -2.15. The summed E-state index contributed by atoms with van der Waals surface area (Å²) in [6, 6.07) is 0. The summed E-state index contributed by atoms with van der Waals surface area (Å²) in [4.78, 5) is 10.3. The molecule has 1 aliphatic rings. The summed E-state index contributed by atoms with van der Waals surface area (Å²) in [6.07, 6.45) is 1.07. The van der Waals surface area contributed by atoms with Gasteiger partial charge in [0.25, 0.3) is 0 Å². The summed E-state index contributed by atoms with van der Waals surface area (Å²) >= 11 is 0. The molecule has 48 valence electrons. The predicted octanol–water partition coefficient (Wildman–Crippen LogP) is 1.32. The van der Waals surface area contributed by atoms with Gasteiger partial charge in [-0.25, -0.2) is 8.78 Å². The Bertz CT molecular complexity index is 193. The molecule has 9 heavy (non-hydrogen) atoms. The fourth-order valence-corrected chi connectivity index (χ4v) is 0.540. The van der Waals surface area contributed by atoms with Crippen LogP contribution in [-0.2, 0) is 4.79 Å². The Hall–Kier alpha value is -0.990. The van der Waals surface area contributed by atoms with Crippen molar-refractivity contribution in [2.75, 3.05) is 0 Å². The lowest BCUT2D eigenvalue weighted by Gasteiger charge is -2.02. The summed E-state index contributed by atoms with van der Waals surface area (Å²) in [6.45, 7) is 0. The van der Waals surface area contributed by atoms with Crippen molar-refractivity contribution >= 4 is 5.78 Å². The summed E-state index contributed by atoms with van der Waals surface area (Å²) in [5.74, 6) is -1.84. The second kappa shape index (κ2) is 2.09. The molecule has 1 aliphatic carbocycles. The van der Waals surface area contributed by atoms with E-state index < -0.39 is 17.8 Å². The number of allylic oxidation sites excluding steroid dienone is 4. The Morgan fingerprint density at radius 3 is 2.67 bits per heavy atom. The van der Waals surface area contributed by atoms with Crippen molar-refractivity contribution in [3.8, 4) is 0 Å². The first kappa shape index (κ1) is 6.13. The molecule has 1 atom stereocenters. The molecule has 0 radical (unpaired) electrons. The van der Waals surface area contributed by atoms with Gasteiger partial charge in [0.05, 0.1) is 0 Å². The first-order chi connectivity index (χ1) is 4.22. The van der Waals surface area contributed by atoms with E-state index in [4.69, 9.17) is 0 Å². The van der Waals surface area contributed by atoms with Crippen LogP contribution < -0.4 is 0 Å². The van der Waals surface area contributed by atoms with Gasteiger partial charge in [0.2, 0.25) is 6.17 Å². The van der Waals surface area contributed by atoms with E-state index in [1.54, 1.807) is 0 Å². The molecular formula is C6H4F2O. The summed E-state index contributed by atoms with van der Waals surface area (Å²) in [5, 5.41) is 0. The number of alkyl halides is 1. The molecular weight excluding hydrogens is 126 g/mol. The van der Waals surface area contributed by atoms with Crippen molar-refractivity contribution in [3.63, 3.8) is 0 Å². The molecule has 0 aliphatic heterocycles. The van der Waals surface area contributed by atoms with Crippen LogP contribution in [0.2, 0.25) is 0 Å². The van der Waals surface area contributed by atoms with Crippen molar-refractivity contribution in [1.29, 1.82) is 0 Å². The molecule has 0 saturated heterocycles. The molecule has 1 rings (SSSR count). The zero-order valence-corrected chi connectivity index (χ0v) is 4.47. The highest BCUT2D eigenvalue weighted by Gasteiger charge is 2.21. The van der Waals surface area contributed by atoms with Crippen molar-refractivity contribution in [2.24, 2.45) is 0 Å². The van der Waals surface area contributed by atoms with E-state index in [1.807, 2.05) is 0 Å². The van der Waals surface area contributed by atoms with Gasteiger partial charge in [-0.1, -0.05) is 6.08 Å².